The van der Waals surface area contributed by atoms with Crippen LogP contribution in [-0.4, -0.2) is 35.0 Å². The van der Waals surface area contributed by atoms with Gasteiger partial charge in [-0.25, -0.2) is 4.98 Å². The maximum Gasteiger partial charge on any atom is 0.242 e. The second kappa shape index (κ2) is 5.56. The van der Waals surface area contributed by atoms with Gasteiger partial charge in [-0.05, 0) is 26.7 Å². The molecule has 106 valence electrons. The van der Waals surface area contributed by atoms with Gasteiger partial charge in [-0.3, -0.25) is 4.79 Å². The van der Waals surface area contributed by atoms with E-state index in [-0.39, 0.29) is 12.0 Å². The normalized spacial score (nSPS) is 18.1. The second-order valence-electron chi connectivity index (χ2n) is 5.09. The Balaban J connectivity index is 1.94. The molecule has 1 saturated carbocycles. The Morgan fingerprint density at radius 2 is 2.37 bits per heavy atom. The van der Waals surface area contributed by atoms with Crippen LogP contribution in [0.25, 0.3) is 0 Å². The molecule has 0 aromatic carbocycles. The SMILES string of the molecule is CCOC(C)c1nc(CN(C)C(=O)C2(N)CC2)cs1. The van der Waals surface area contributed by atoms with E-state index < -0.39 is 5.54 Å². The number of likely N-dealkylation sites (N-methyl/N-ethyl adjacent to an activating group) is 1. The van der Waals surface area contributed by atoms with Crippen LogP contribution in [0.15, 0.2) is 5.38 Å². The van der Waals surface area contributed by atoms with Crippen LogP contribution in [0.4, 0.5) is 0 Å². The van der Waals surface area contributed by atoms with Gasteiger partial charge in [0.2, 0.25) is 5.91 Å². The van der Waals surface area contributed by atoms with Crippen LogP contribution in [0, 0.1) is 0 Å². The molecule has 1 amide bonds. The minimum absolute atomic E-state index is 0.00837. The Morgan fingerprint density at radius 3 is 2.95 bits per heavy atom. The van der Waals surface area contributed by atoms with Crippen molar-refractivity contribution in [2.75, 3.05) is 13.7 Å². The van der Waals surface area contributed by atoms with E-state index in [1.54, 1.807) is 23.3 Å². The lowest BCUT2D eigenvalue weighted by molar-refractivity contribution is -0.132. The van der Waals surface area contributed by atoms with Gasteiger partial charge in [-0.15, -0.1) is 11.3 Å². The largest absolute Gasteiger partial charge is 0.372 e. The minimum Gasteiger partial charge on any atom is -0.372 e. The molecule has 2 rings (SSSR count). The minimum atomic E-state index is -0.605. The summed E-state index contributed by atoms with van der Waals surface area (Å²) in [6.45, 7) is 5.13. The highest BCUT2D eigenvalue weighted by molar-refractivity contribution is 7.09. The van der Waals surface area contributed by atoms with E-state index in [9.17, 15) is 4.79 Å². The molecule has 1 aliphatic rings. The van der Waals surface area contributed by atoms with E-state index >= 15 is 0 Å². The van der Waals surface area contributed by atoms with Gasteiger partial charge in [-0.1, -0.05) is 0 Å². The molecular weight excluding hydrogens is 262 g/mol. The van der Waals surface area contributed by atoms with Crippen molar-refractivity contribution in [1.82, 2.24) is 9.88 Å². The predicted molar refractivity (Wildman–Crippen MR) is 74.8 cm³/mol. The fraction of sp³-hybridized carbons (Fsp3) is 0.692. The topological polar surface area (TPSA) is 68.5 Å². The van der Waals surface area contributed by atoms with E-state index in [0.29, 0.717) is 13.2 Å². The Bertz CT molecular complexity index is 456. The molecular formula is C13H21N3O2S. The summed E-state index contributed by atoms with van der Waals surface area (Å²) in [4.78, 5) is 18.2. The quantitative estimate of drug-likeness (QED) is 0.862. The third kappa shape index (κ3) is 3.32. The smallest absolute Gasteiger partial charge is 0.242 e. The Kier molecular flexibility index (Phi) is 4.23. The summed E-state index contributed by atoms with van der Waals surface area (Å²) < 4.78 is 5.51. The third-order valence-electron chi connectivity index (χ3n) is 3.29. The van der Waals surface area contributed by atoms with Crippen LogP contribution >= 0.6 is 11.3 Å². The molecule has 6 heteroatoms. The number of ether oxygens (including phenoxy) is 1. The van der Waals surface area contributed by atoms with Crippen molar-refractivity contribution in [3.8, 4) is 0 Å². The maximum atomic E-state index is 12.0. The van der Waals surface area contributed by atoms with Crippen LogP contribution in [0.3, 0.4) is 0 Å². The highest BCUT2D eigenvalue weighted by atomic mass is 32.1. The van der Waals surface area contributed by atoms with Gasteiger partial charge >= 0.3 is 0 Å². The van der Waals surface area contributed by atoms with Gasteiger partial charge < -0.3 is 15.4 Å². The molecule has 2 N–H and O–H groups in total. The monoisotopic (exact) mass is 283 g/mol. The number of hydrogen-bond acceptors (Lipinski definition) is 5. The second-order valence-corrected chi connectivity index (χ2v) is 5.98. The molecule has 1 aliphatic carbocycles. The van der Waals surface area contributed by atoms with Crippen LogP contribution in [0.5, 0.6) is 0 Å². The van der Waals surface area contributed by atoms with Gasteiger partial charge in [0.15, 0.2) is 0 Å². The zero-order chi connectivity index (χ0) is 14.0. The molecule has 19 heavy (non-hydrogen) atoms. The number of hydrogen-bond donors (Lipinski definition) is 1. The number of rotatable bonds is 6. The van der Waals surface area contributed by atoms with Crippen molar-refractivity contribution in [2.45, 2.75) is 44.9 Å². The van der Waals surface area contributed by atoms with E-state index in [4.69, 9.17) is 10.5 Å². The third-order valence-corrected chi connectivity index (χ3v) is 4.35. The van der Waals surface area contributed by atoms with Gasteiger partial charge in [0.1, 0.15) is 11.1 Å². The molecule has 0 aliphatic heterocycles. The van der Waals surface area contributed by atoms with Crippen LogP contribution in [0.2, 0.25) is 0 Å². The average Bonchev–Trinajstić information content (AvgIpc) is 2.95. The van der Waals surface area contributed by atoms with Crippen molar-refractivity contribution in [3.05, 3.63) is 16.1 Å². The Morgan fingerprint density at radius 1 is 1.68 bits per heavy atom. The summed E-state index contributed by atoms with van der Waals surface area (Å²) in [5, 5.41) is 2.93. The zero-order valence-corrected chi connectivity index (χ0v) is 12.5. The average molecular weight is 283 g/mol. The summed E-state index contributed by atoms with van der Waals surface area (Å²) in [6, 6.07) is 0. The highest BCUT2D eigenvalue weighted by Crippen LogP contribution is 2.34. The summed E-state index contributed by atoms with van der Waals surface area (Å²) in [7, 11) is 1.78. The van der Waals surface area contributed by atoms with Crippen molar-refractivity contribution < 1.29 is 9.53 Å². The summed E-state index contributed by atoms with van der Waals surface area (Å²) in [5.74, 6) is 0.0138. The molecule has 5 nitrogen and oxygen atoms in total. The van der Waals surface area contributed by atoms with Crippen molar-refractivity contribution >= 4 is 17.2 Å². The van der Waals surface area contributed by atoms with E-state index in [1.165, 1.54) is 0 Å². The zero-order valence-electron chi connectivity index (χ0n) is 11.7. The summed E-state index contributed by atoms with van der Waals surface area (Å²) in [5.41, 5.74) is 6.20. The first-order chi connectivity index (χ1) is 8.96. The van der Waals surface area contributed by atoms with Crippen molar-refractivity contribution in [2.24, 2.45) is 5.73 Å². The molecule has 0 spiro atoms. The highest BCUT2D eigenvalue weighted by Gasteiger charge is 2.47. The lowest BCUT2D eigenvalue weighted by Gasteiger charge is -2.19. The maximum absolute atomic E-state index is 12.0. The van der Waals surface area contributed by atoms with Gasteiger partial charge in [-0.2, -0.15) is 0 Å². The fourth-order valence-electron chi connectivity index (χ4n) is 1.95. The van der Waals surface area contributed by atoms with Crippen LogP contribution in [-0.2, 0) is 16.1 Å². The van der Waals surface area contributed by atoms with Crippen LogP contribution < -0.4 is 5.73 Å². The predicted octanol–water partition coefficient (Wildman–Crippen LogP) is 1.69. The number of amides is 1. The standard InChI is InChI=1S/C13H21N3O2S/c1-4-18-9(2)11-15-10(8-19-11)7-16(3)12(17)13(14)5-6-13/h8-9H,4-7,14H2,1-3H3. The van der Waals surface area contributed by atoms with Gasteiger partial charge in [0.05, 0.1) is 17.8 Å². The van der Waals surface area contributed by atoms with Gasteiger partial charge in [0.25, 0.3) is 0 Å². The molecule has 0 saturated heterocycles. The number of aromatic nitrogens is 1. The van der Waals surface area contributed by atoms with Crippen molar-refractivity contribution in [3.63, 3.8) is 0 Å². The first-order valence-electron chi connectivity index (χ1n) is 6.56. The van der Waals surface area contributed by atoms with E-state index in [0.717, 1.165) is 23.5 Å². The summed E-state index contributed by atoms with van der Waals surface area (Å²) >= 11 is 1.57. The molecule has 1 unspecified atom stereocenters. The number of carbonyl (C=O) groups is 1. The molecule has 1 aromatic rings. The molecule has 1 atom stereocenters. The molecule has 0 radical (unpaired) electrons. The lowest BCUT2D eigenvalue weighted by atomic mass is 10.2. The first-order valence-corrected chi connectivity index (χ1v) is 7.44. The number of carbonyl (C=O) groups excluding carboxylic acids is 1. The van der Waals surface area contributed by atoms with E-state index in [1.807, 2.05) is 19.2 Å². The first kappa shape index (κ1) is 14.4. The molecule has 1 heterocycles. The van der Waals surface area contributed by atoms with Crippen molar-refractivity contribution in [1.29, 1.82) is 0 Å². The summed E-state index contributed by atoms with van der Waals surface area (Å²) in [6.07, 6.45) is 1.59. The molecule has 1 aromatic heterocycles. The van der Waals surface area contributed by atoms with Gasteiger partial charge in [0, 0.05) is 19.0 Å². The Hall–Kier alpha value is -0.980. The van der Waals surface area contributed by atoms with Crippen LogP contribution in [0.1, 0.15) is 43.5 Å². The number of nitrogens with zero attached hydrogens (tertiary/aromatic N) is 2. The lowest BCUT2D eigenvalue weighted by Crippen LogP contribution is -2.43. The fourth-order valence-corrected chi connectivity index (χ4v) is 2.76. The molecule has 1 fully saturated rings. The van der Waals surface area contributed by atoms with E-state index in [2.05, 4.69) is 4.98 Å². The molecule has 0 bridgehead atoms. The Labute approximate surface area is 117 Å². The number of thiazole rings is 1. The number of nitrogens with two attached hydrogens (primary N) is 1.